The van der Waals surface area contributed by atoms with Gasteiger partial charge in [-0.1, -0.05) is 78.9 Å². The lowest BCUT2D eigenvalue weighted by Crippen LogP contribution is -2.10. The Bertz CT molecular complexity index is 1230. The van der Waals surface area contributed by atoms with Crippen molar-refractivity contribution in [2.45, 2.75) is 0 Å². The Balaban J connectivity index is 1.55. The van der Waals surface area contributed by atoms with E-state index in [9.17, 15) is 0 Å². The Kier molecular flexibility index (Phi) is 5.50. The average Bonchev–Trinajstić information content (AvgIpc) is 2.89. The van der Waals surface area contributed by atoms with Gasteiger partial charge in [0.1, 0.15) is 18.6 Å². The summed E-state index contributed by atoms with van der Waals surface area (Å²) in [5.74, 6) is 1.71. The smallest absolute Gasteiger partial charge is 0.205 e. The summed E-state index contributed by atoms with van der Waals surface area (Å²) < 4.78 is 8.51. The van der Waals surface area contributed by atoms with E-state index < -0.39 is 0 Å². The number of nitrogens with zero attached hydrogens (tertiary/aromatic N) is 1. The molecule has 2 nitrogen and oxygen atoms in total. The van der Waals surface area contributed by atoms with Gasteiger partial charge in [0.15, 0.2) is 0 Å². The second-order valence-corrected chi connectivity index (χ2v) is 7.75. The van der Waals surface area contributed by atoms with E-state index in [2.05, 4.69) is 96.6 Å². The Labute approximate surface area is 189 Å². The minimum absolute atomic E-state index is 0.854. The summed E-state index contributed by atoms with van der Waals surface area (Å²) in [5, 5.41) is 0. The molecule has 0 radical (unpaired) electrons. The highest BCUT2D eigenvalue weighted by molar-refractivity contribution is 6.03. The molecule has 2 heteroatoms. The van der Waals surface area contributed by atoms with Crippen molar-refractivity contribution in [2.75, 3.05) is 7.05 Å². The molecule has 1 heterocycles. The minimum atomic E-state index is 0.854. The Morgan fingerprint density at radius 1 is 0.531 bits per heavy atom. The average molecular weight is 415 g/mol. The standard InChI is InChI=1S/C30H24NO/c1-31(27-15-9-4-10-16-27)28-19-17-23(18-20-28)26-21-29(24-11-5-2-6-12-24)32-30(22-26)25-13-7-3-8-14-25/h2-22H,1H3/q+1. The van der Waals surface area contributed by atoms with Crippen LogP contribution in [0.4, 0.5) is 5.69 Å². The molecule has 32 heavy (non-hydrogen) atoms. The predicted molar refractivity (Wildman–Crippen MR) is 133 cm³/mol. The summed E-state index contributed by atoms with van der Waals surface area (Å²) in [4.78, 5) is 0. The normalized spacial score (nSPS) is 15.2. The van der Waals surface area contributed by atoms with Crippen molar-refractivity contribution in [1.82, 2.24) is 0 Å². The molecule has 5 rings (SSSR count). The summed E-state index contributed by atoms with van der Waals surface area (Å²) in [5.41, 5.74) is 6.71. The summed E-state index contributed by atoms with van der Waals surface area (Å²) in [6.45, 7) is 0. The van der Waals surface area contributed by atoms with Gasteiger partial charge in [-0.2, -0.15) is 4.58 Å². The monoisotopic (exact) mass is 414 g/mol. The first-order chi connectivity index (χ1) is 15.8. The van der Waals surface area contributed by atoms with Crippen molar-refractivity contribution in [3.05, 3.63) is 150 Å². The van der Waals surface area contributed by atoms with E-state index in [0.717, 1.165) is 45.2 Å². The lowest BCUT2D eigenvalue weighted by atomic mass is 9.97. The number of hydrogen-bond acceptors (Lipinski definition) is 1. The lowest BCUT2D eigenvalue weighted by Gasteiger charge is -2.20. The quantitative estimate of drug-likeness (QED) is 0.423. The van der Waals surface area contributed by atoms with Gasteiger partial charge in [0, 0.05) is 35.4 Å². The van der Waals surface area contributed by atoms with Crippen LogP contribution in [0.3, 0.4) is 0 Å². The highest BCUT2D eigenvalue weighted by atomic mass is 16.5. The Hall–Kier alpha value is -4.17. The summed E-state index contributed by atoms with van der Waals surface area (Å²) in [6.07, 6.45) is 12.9. The van der Waals surface area contributed by atoms with Gasteiger partial charge in [-0.15, -0.1) is 0 Å². The van der Waals surface area contributed by atoms with E-state index in [1.54, 1.807) is 0 Å². The van der Waals surface area contributed by atoms with Crippen LogP contribution in [0.1, 0.15) is 11.1 Å². The molecule has 0 bridgehead atoms. The van der Waals surface area contributed by atoms with E-state index in [1.165, 1.54) is 0 Å². The maximum atomic E-state index is 6.32. The molecule has 0 spiro atoms. The van der Waals surface area contributed by atoms with Crippen LogP contribution in [0.5, 0.6) is 0 Å². The van der Waals surface area contributed by atoms with Crippen LogP contribution < -0.4 is 0 Å². The van der Waals surface area contributed by atoms with Crippen LogP contribution in [-0.4, -0.2) is 17.3 Å². The van der Waals surface area contributed by atoms with Gasteiger partial charge in [-0.3, -0.25) is 0 Å². The number of benzene rings is 3. The molecule has 3 aromatic rings. The second kappa shape index (κ2) is 8.91. The zero-order chi connectivity index (χ0) is 21.8. The largest absolute Gasteiger partial charge is 0.456 e. The van der Waals surface area contributed by atoms with Crippen LogP contribution in [0.2, 0.25) is 0 Å². The van der Waals surface area contributed by atoms with E-state index in [0.29, 0.717) is 0 Å². The van der Waals surface area contributed by atoms with Gasteiger partial charge in [-0.05, 0) is 35.5 Å². The summed E-state index contributed by atoms with van der Waals surface area (Å²) in [7, 11) is 2.09. The van der Waals surface area contributed by atoms with Crippen LogP contribution in [0.25, 0.3) is 11.5 Å². The van der Waals surface area contributed by atoms with Crippen molar-refractivity contribution in [2.24, 2.45) is 0 Å². The van der Waals surface area contributed by atoms with Gasteiger partial charge in [0.25, 0.3) is 0 Å². The molecule has 0 N–H and O–H groups in total. The van der Waals surface area contributed by atoms with E-state index >= 15 is 0 Å². The molecule has 0 saturated heterocycles. The topological polar surface area (TPSA) is 12.2 Å². The summed E-state index contributed by atoms with van der Waals surface area (Å²) in [6, 6.07) is 30.9. The third-order valence-electron chi connectivity index (χ3n) is 5.64. The van der Waals surface area contributed by atoms with Crippen molar-refractivity contribution in [3.8, 4) is 0 Å². The number of ether oxygens (including phenoxy) is 1. The zero-order valence-corrected chi connectivity index (χ0v) is 18.0. The molecule has 1 aliphatic carbocycles. The lowest BCUT2D eigenvalue weighted by molar-refractivity contribution is -0.403. The third kappa shape index (κ3) is 4.17. The molecule has 2 aliphatic rings. The molecular weight excluding hydrogens is 390 g/mol. The first-order valence-electron chi connectivity index (χ1n) is 10.8. The number of rotatable bonds is 3. The van der Waals surface area contributed by atoms with Crippen LogP contribution in [0.15, 0.2) is 139 Å². The molecule has 0 atom stereocenters. The number of para-hydroxylation sites is 1. The van der Waals surface area contributed by atoms with Gasteiger partial charge in [0.2, 0.25) is 11.4 Å². The second-order valence-electron chi connectivity index (χ2n) is 7.75. The summed E-state index contributed by atoms with van der Waals surface area (Å²) >= 11 is 0. The van der Waals surface area contributed by atoms with Crippen LogP contribution >= 0.6 is 0 Å². The minimum Gasteiger partial charge on any atom is -0.456 e. The molecular formula is C30H24NO+. The van der Waals surface area contributed by atoms with Gasteiger partial charge >= 0.3 is 0 Å². The maximum Gasteiger partial charge on any atom is 0.205 e. The van der Waals surface area contributed by atoms with Gasteiger partial charge in [0.05, 0.1) is 0 Å². The molecule has 0 aromatic heterocycles. The molecule has 1 aliphatic heterocycles. The SMILES string of the molecule is C[N+](=C1C=CC(=C2C=C(c3ccccc3)OC(c3ccccc3)=C2)C=C1)c1ccccc1. The molecule has 0 amide bonds. The molecule has 154 valence electrons. The predicted octanol–water partition coefficient (Wildman–Crippen LogP) is 6.94. The van der Waals surface area contributed by atoms with E-state index in [-0.39, 0.29) is 0 Å². The first kappa shape index (κ1) is 19.8. The molecule has 0 fully saturated rings. The fourth-order valence-electron chi connectivity index (χ4n) is 3.84. The number of hydrogen-bond donors (Lipinski definition) is 0. The Morgan fingerprint density at radius 2 is 1.00 bits per heavy atom. The Morgan fingerprint density at radius 3 is 1.50 bits per heavy atom. The molecule has 0 unspecified atom stereocenters. The fourth-order valence-corrected chi connectivity index (χ4v) is 3.84. The van der Waals surface area contributed by atoms with Crippen LogP contribution in [0, 0.1) is 0 Å². The van der Waals surface area contributed by atoms with Crippen molar-refractivity contribution >= 4 is 22.9 Å². The van der Waals surface area contributed by atoms with Crippen molar-refractivity contribution in [1.29, 1.82) is 0 Å². The highest BCUT2D eigenvalue weighted by Crippen LogP contribution is 2.34. The molecule has 3 aromatic carbocycles. The van der Waals surface area contributed by atoms with E-state index in [1.807, 2.05) is 42.5 Å². The van der Waals surface area contributed by atoms with Crippen molar-refractivity contribution in [3.63, 3.8) is 0 Å². The van der Waals surface area contributed by atoms with E-state index in [4.69, 9.17) is 4.74 Å². The number of allylic oxidation sites excluding steroid dienone is 8. The third-order valence-corrected chi connectivity index (χ3v) is 5.64. The highest BCUT2D eigenvalue weighted by Gasteiger charge is 2.18. The zero-order valence-electron chi connectivity index (χ0n) is 18.0. The van der Waals surface area contributed by atoms with Gasteiger partial charge in [-0.25, -0.2) is 0 Å². The fraction of sp³-hybridized carbons (Fsp3) is 0.0333. The van der Waals surface area contributed by atoms with Crippen LogP contribution in [-0.2, 0) is 4.74 Å². The maximum absolute atomic E-state index is 6.32. The van der Waals surface area contributed by atoms with Gasteiger partial charge < -0.3 is 4.74 Å². The molecule has 0 saturated carbocycles. The first-order valence-corrected chi connectivity index (χ1v) is 10.8. The van der Waals surface area contributed by atoms with Crippen molar-refractivity contribution < 1.29 is 9.31 Å².